The molecule has 0 saturated carbocycles. The minimum atomic E-state index is -0.0823. The van der Waals surface area contributed by atoms with E-state index in [0.29, 0.717) is 6.54 Å². The zero-order chi connectivity index (χ0) is 15.9. The normalized spacial score (nSPS) is 12.0. The van der Waals surface area contributed by atoms with E-state index in [1.165, 1.54) is 11.1 Å². The van der Waals surface area contributed by atoms with Crippen LogP contribution in [0.3, 0.4) is 0 Å². The van der Waals surface area contributed by atoms with Crippen molar-refractivity contribution in [2.75, 3.05) is 0 Å². The first kappa shape index (κ1) is 16.9. The fraction of sp³-hybridized carbons (Fsp3) is 0.278. The van der Waals surface area contributed by atoms with Gasteiger partial charge >= 0.3 is 0 Å². The fourth-order valence-electron chi connectivity index (χ4n) is 1.92. The van der Waals surface area contributed by atoms with E-state index < -0.39 is 0 Å². The smallest absolute Gasteiger partial charge is 0.233 e. The molecule has 0 unspecified atom stereocenters. The van der Waals surface area contributed by atoms with Gasteiger partial charge < -0.3 is 5.32 Å². The van der Waals surface area contributed by atoms with Crippen molar-refractivity contribution in [3.8, 4) is 0 Å². The van der Waals surface area contributed by atoms with Gasteiger partial charge in [-0.3, -0.25) is 4.79 Å². The lowest BCUT2D eigenvalue weighted by Gasteiger charge is -2.12. The molecule has 2 aromatic rings. The first-order valence-corrected chi connectivity index (χ1v) is 8.66. The molecular formula is C18H20ClNOS. The molecule has 0 aliphatic heterocycles. The number of carbonyl (C=O) groups is 1. The van der Waals surface area contributed by atoms with Gasteiger partial charge in [0.2, 0.25) is 5.91 Å². The number of halogens is 1. The summed E-state index contributed by atoms with van der Waals surface area (Å²) >= 11 is 7.49. The van der Waals surface area contributed by atoms with Crippen molar-refractivity contribution in [1.82, 2.24) is 5.32 Å². The van der Waals surface area contributed by atoms with Crippen LogP contribution in [0.25, 0.3) is 0 Å². The van der Waals surface area contributed by atoms with E-state index in [9.17, 15) is 4.79 Å². The third-order valence-electron chi connectivity index (χ3n) is 3.37. The highest BCUT2D eigenvalue weighted by molar-refractivity contribution is 7.99. The molecule has 0 aliphatic carbocycles. The zero-order valence-corrected chi connectivity index (χ0v) is 14.4. The zero-order valence-electron chi connectivity index (χ0n) is 12.8. The van der Waals surface area contributed by atoms with Gasteiger partial charge in [0.05, 0.1) is 5.25 Å². The molecule has 1 atom stereocenters. The largest absolute Gasteiger partial charge is 0.351 e. The monoisotopic (exact) mass is 333 g/mol. The summed E-state index contributed by atoms with van der Waals surface area (Å²) in [6.45, 7) is 4.56. The summed E-state index contributed by atoms with van der Waals surface area (Å²) < 4.78 is 0. The maximum Gasteiger partial charge on any atom is 0.233 e. The molecule has 2 rings (SSSR count). The third kappa shape index (κ3) is 5.39. The van der Waals surface area contributed by atoms with Crippen LogP contribution in [0, 0.1) is 6.92 Å². The van der Waals surface area contributed by atoms with Crippen molar-refractivity contribution >= 4 is 29.3 Å². The molecular weight excluding hydrogens is 314 g/mol. The van der Waals surface area contributed by atoms with E-state index in [1.54, 1.807) is 11.8 Å². The van der Waals surface area contributed by atoms with Crippen molar-refractivity contribution < 1.29 is 4.79 Å². The lowest BCUT2D eigenvalue weighted by molar-refractivity contribution is -0.120. The first-order valence-electron chi connectivity index (χ1n) is 7.24. The van der Waals surface area contributed by atoms with E-state index in [0.717, 1.165) is 16.3 Å². The van der Waals surface area contributed by atoms with E-state index in [4.69, 9.17) is 11.6 Å². The Bertz CT molecular complexity index is 610. The third-order valence-corrected chi connectivity index (χ3v) is 4.84. The number of rotatable bonds is 6. The highest BCUT2D eigenvalue weighted by atomic mass is 35.5. The molecule has 2 nitrogen and oxygen atoms in total. The summed E-state index contributed by atoms with van der Waals surface area (Å²) in [5.74, 6) is 0.871. The average Bonchev–Trinajstić information content (AvgIpc) is 2.53. The van der Waals surface area contributed by atoms with Crippen LogP contribution in [-0.2, 0) is 17.1 Å². The quantitative estimate of drug-likeness (QED) is 0.838. The summed E-state index contributed by atoms with van der Waals surface area (Å²) in [7, 11) is 0. The predicted molar refractivity (Wildman–Crippen MR) is 95.2 cm³/mol. The van der Waals surface area contributed by atoms with E-state index >= 15 is 0 Å². The number of thioether (sulfide) groups is 1. The van der Waals surface area contributed by atoms with Gasteiger partial charge in [-0.05, 0) is 37.1 Å². The maximum absolute atomic E-state index is 12.1. The van der Waals surface area contributed by atoms with Gasteiger partial charge in [-0.25, -0.2) is 0 Å². The second-order valence-electron chi connectivity index (χ2n) is 5.28. The highest BCUT2D eigenvalue weighted by Crippen LogP contribution is 2.19. The van der Waals surface area contributed by atoms with Crippen molar-refractivity contribution in [3.05, 3.63) is 70.2 Å². The minimum absolute atomic E-state index is 0.0690. The molecule has 116 valence electrons. The van der Waals surface area contributed by atoms with Gasteiger partial charge in [0.1, 0.15) is 0 Å². The fourth-order valence-corrected chi connectivity index (χ4v) is 2.91. The second-order valence-corrected chi connectivity index (χ2v) is 7.05. The highest BCUT2D eigenvalue weighted by Gasteiger charge is 2.13. The van der Waals surface area contributed by atoms with Gasteiger partial charge in [0.25, 0.3) is 0 Å². The van der Waals surface area contributed by atoms with Gasteiger partial charge in [0.15, 0.2) is 0 Å². The lowest BCUT2D eigenvalue weighted by Crippen LogP contribution is -2.30. The molecule has 2 aromatic carbocycles. The topological polar surface area (TPSA) is 29.1 Å². The van der Waals surface area contributed by atoms with Crippen molar-refractivity contribution in [3.63, 3.8) is 0 Å². The standard InChI is InChI=1S/C18H20ClNOS/c1-13-3-5-15(6-4-13)11-20-18(21)14(2)22-12-16-7-9-17(19)10-8-16/h3-10,14H,11-12H2,1-2H3,(H,20,21)/t14-/m1/s1. The summed E-state index contributed by atoms with van der Waals surface area (Å²) in [6.07, 6.45) is 0. The van der Waals surface area contributed by atoms with Crippen molar-refractivity contribution in [1.29, 1.82) is 0 Å². The molecule has 1 amide bonds. The van der Waals surface area contributed by atoms with E-state index in [1.807, 2.05) is 43.3 Å². The molecule has 22 heavy (non-hydrogen) atoms. The van der Waals surface area contributed by atoms with Gasteiger partial charge in [0, 0.05) is 17.3 Å². The number of aryl methyl sites for hydroxylation is 1. The summed E-state index contributed by atoms with van der Waals surface area (Å²) in [5, 5.41) is 3.63. The number of hydrogen-bond acceptors (Lipinski definition) is 2. The van der Waals surface area contributed by atoms with Crippen LogP contribution in [0.1, 0.15) is 23.6 Å². The number of benzene rings is 2. The SMILES string of the molecule is Cc1ccc(CNC(=O)[C@@H](C)SCc2ccc(Cl)cc2)cc1. The molecule has 0 bridgehead atoms. The lowest BCUT2D eigenvalue weighted by atomic mass is 10.1. The Morgan fingerprint density at radius 1 is 1.09 bits per heavy atom. The molecule has 4 heteroatoms. The molecule has 0 fully saturated rings. The summed E-state index contributed by atoms with van der Waals surface area (Å²) in [4.78, 5) is 12.1. The number of carbonyl (C=O) groups excluding carboxylic acids is 1. The minimum Gasteiger partial charge on any atom is -0.351 e. The van der Waals surface area contributed by atoms with Crippen molar-refractivity contribution in [2.45, 2.75) is 31.4 Å². The van der Waals surface area contributed by atoms with Crippen LogP contribution < -0.4 is 5.32 Å². The number of hydrogen-bond donors (Lipinski definition) is 1. The Morgan fingerprint density at radius 3 is 2.32 bits per heavy atom. The van der Waals surface area contributed by atoms with Gasteiger partial charge in [-0.1, -0.05) is 53.6 Å². The Kier molecular flexibility index (Phi) is 6.34. The molecule has 0 spiro atoms. The molecule has 0 saturated heterocycles. The maximum atomic E-state index is 12.1. The Hall–Kier alpha value is -1.45. The Labute approximate surface area is 141 Å². The van der Waals surface area contributed by atoms with Crippen molar-refractivity contribution in [2.24, 2.45) is 0 Å². The van der Waals surface area contributed by atoms with Crippen LogP contribution in [0.2, 0.25) is 5.02 Å². The van der Waals surface area contributed by atoms with Gasteiger partial charge in [-0.15, -0.1) is 11.8 Å². The predicted octanol–water partition coefficient (Wildman–Crippen LogP) is 4.59. The Balaban J connectivity index is 1.76. The summed E-state index contributed by atoms with van der Waals surface area (Å²) in [6, 6.07) is 15.9. The van der Waals surface area contributed by atoms with Crippen LogP contribution >= 0.6 is 23.4 Å². The van der Waals surface area contributed by atoms with E-state index in [2.05, 4.69) is 24.4 Å². The average molecular weight is 334 g/mol. The first-order chi connectivity index (χ1) is 10.5. The Morgan fingerprint density at radius 2 is 1.68 bits per heavy atom. The number of nitrogens with one attached hydrogen (secondary N) is 1. The molecule has 0 heterocycles. The van der Waals surface area contributed by atoms with Crippen LogP contribution in [-0.4, -0.2) is 11.2 Å². The van der Waals surface area contributed by atoms with E-state index in [-0.39, 0.29) is 11.2 Å². The molecule has 1 N–H and O–H groups in total. The summed E-state index contributed by atoms with van der Waals surface area (Å²) in [5.41, 5.74) is 3.52. The van der Waals surface area contributed by atoms with Crippen LogP contribution in [0.5, 0.6) is 0 Å². The van der Waals surface area contributed by atoms with Gasteiger partial charge in [-0.2, -0.15) is 0 Å². The molecule has 0 aromatic heterocycles. The number of amides is 1. The molecule has 0 radical (unpaired) electrons. The van der Waals surface area contributed by atoms with Crippen LogP contribution in [0.15, 0.2) is 48.5 Å². The van der Waals surface area contributed by atoms with Crippen LogP contribution in [0.4, 0.5) is 0 Å². The molecule has 0 aliphatic rings. The second kappa shape index (κ2) is 8.25.